The van der Waals surface area contributed by atoms with Gasteiger partial charge >= 0.3 is 0 Å². The molecule has 0 spiro atoms. The van der Waals surface area contributed by atoms with E-state index < -0.39 is 0 Å². The SMILES string of the molecule is CCCCCCC(CCC)C(CC)OC. The Kier molecular flexibility index (Phi) is 10.4. The van der Waals surface area contributed by atoms with E-state index in [0.29, 0.717) is 6.10 Å². The van der Waals surface area contributed by atoms with Crippen LogP contribution in [0.5, 0.6) is 0 Å². The maximum absolute atomic E-state index is 5.57. The third kappa shape index (κ3) is 6.94. The zero-order valence-electron chi connectivity index (χ0n) is 11.2. The molecule has 1 heteroatoms. The summed E-state index contributed by atoms with van der Waals surface area (Å²) in [6, 6.07) is 0. The van der Waals surface area contributed by atoms with Crippen molar-refractivity contribution in [3.05, 3.63) is 0 Å². The first-order chi connectivity index (χ1) is 7.29. The highest BCUT2D eigenvalue weighted by Gasteiger charge is 2.17. The van der Waals surface area contributed by atoms with Gasteiger partial charge < -0.3 is 4.74 Å². The maximum atomic E-state index is 5.57. The summed E-state index contributed by atoms with van der Waals surface area (Å²) in [5.74, 6) is 0.793. The molecule has 0 amide bonds. The van der Waals surface area contributed by atoms with Crippen molar-refractivity contribution >= 4 is 0 Å². The van der Waals surface area contributed by atoms with E-state index in [-0.39, 0.29) is 0 Å². The summed E-state index contributed by atoms with van der Waals surface area (Å²) in [6.45, 7) is 6.79. The second-order valence-electron chi connectivity index (χ2n) is 4.58. The fourth-order valence-corrected chi connectivity index (χ4v) is 2.41. The summed E-state index contributed by atoms with van der Waals surface area (Å²) in [5.41, 5.74) is 0. The monoisotopic (exact) mass is 214 g/mol. The van der Waals surface area contributed by atoms with Gasteiger partial charge in [-0.1, -0.05) is 52.9 Å². The number of ether oxygens (including phenoxy) is 1. The second-order valence-corrected chi connectivity index (χ2v) is 4.58. The van der Waals surface area contributed by atoms with E-state index in [1.807, 2.05) is 7.11 Å². The predicted molar refractivity (Wildman–Crippen MR) is 68.2 cm³/mol. The average Bonchev–Trinajstić information content (AvgIpc) is 2.26. The molecule has 0 aromatic rings. The van der Waals surface area contributed by atoms with E-state index in [9.17, 15) is 0 Å². The van der Waals surface area contributed by atoms with Gasteiger partial charge in [-0.05, 0) is 25.2 Å². The summed E-state index contributed by atoms with van der Waals surface area (Å²) < 4.78 is 5.57. The molecule has 92 valence electrons. The molecule has 0 fully saturated rings. The van der Waals surface area contributed by atoms with E-state index in [0.717, 1.165) is 12.3 Å². The first-order valence-corrected chi connectivity index (χ1v) is 6.82. The third-order valence-corrected chi connectivity index (χ3v) is 3.32. The van der Waals surface area contributed by atoms with Gasteiger partial charge in [0.2, 0.25) is 0 Å². The van der Waals surface area contributed by atoms with Crippen LogP contribution in [0.3, 0.4) is 0 Å². The topological polar surface area (TPSA) is 9.23 Å². The fraction of sp³-hybridized carbons (Fsp3) is 1.00. The van der Waals surface area contributed by atoms with Crippen molar-refractivity contribution in [3.8, 4) is 0 Å². The van der Waals surface area contributed by atoms with E-state index in [4.69, 9.17) is 4.74 Å². The number of methoxy groups -OCH3 is 1. The largest absolute Gasteiger partial charge is 0.381 e. The minimum Gasteiger partial charge on any atom is -0.381 e. The van der Waals surface area contributed by atoms with Gasteiger partial charge in [-0.15, -0.1) is 0 Å². The Labute approximate surface area is 96.6 Å². The van der Waals surface area contributed by atoms with Crippen LogP contribution in [0.15, 0.2) is 0 Å². The number of rotatable bonds is 10. The van der Waals surface area contributed by atoms with Gasteiger partial charge in [-0.2, -0.15) is 0 Å². The molecule has 0 aliphatic heterocycles. The van der Waals surface area contributed by atoms with Gasteiger partial charge in [0.15, 0.2) is 0 Å². The lowest BCUT2D eigenvalue weighted by atomic mass is 9.89. The molecule has 0 heterocycles. The Hall–Kier alpha value is -0.0400. The Bertz CT molecular complexity index is 119. The van der Waals surface area contributed by atoms with Crippen molar-refractivity contribution in [1.82, 2.24) is 0 Å². The van der Waals surface area contributed by atoms with Crippen molar-refractivity contribution in [2.75, 3.05) is 7.11 Å². The molecule has 0 saturated carbocycles. The highest BCUT2D eigenvalue weighted by molar-refractivity contribution is 4.69. The van der Waals surface area contributed by atoms with Crippen LogP contribution in [-0.2, 0) is 4.74 Å². The zero-order valence-corrected chi connectivity index (χ0v) is 11.2. The van der Waals surface area contributed by atoms with Crippen LogP contribution in [0.2, 0.25) is 0 Å². The van der Waals surface area contributed by atoms with E-state index in [1.165, 1.54) is 44.9 Å². The van der Waals surface area contributed by atoms with Gasteiger partial charge in [0.05, 0.1) is 6.10 Å². The van der Waals surface area contributed by atoms with Crippen molar-refractivity contribution in [2.24, 2.45) is 5.92 Å². The van der Waals surface area contributed by atoms with E-state index >= 15 is 0 Å². The van der Waals surface area contributed by atoms with Gasteiger partial charge in [-0.25, -0.2) is 0 Å². The quantitative estimate of drug-likeness (QED) is 0.475. The fourth-order valence-electron chi connectivity index (χ4n) is 2.41. The Balaban J connectivity index is 3.80. The smallest absolute Gasteiger partial charge is 0.0596 e. The molecule has 0 bridgehead atoms. The lowest BCUT2D eigenvalue weighted by molar-refractivity contribution is 0.0407. The maximum Gasteiger partial charge on any atom is 0.0596 e. The summed E-state index contributed by atoms with van der Waals surface area (Å²) in [4.78, 5) is 0. The van der Waals surface area contributed by atoms with Crippen LogP contribution in [0, 0.1) is 5.92 Å². The molecule has 0 radical (unpaired) electrons. The normalized spacial score (nSPS) is 15.2. The minimum absolute atomic E-state index is 0.492. The lowest BCUT2D eigenvalue weighted by Crippen LogP contribution is -2.22. The van der Waals surface area contributed by atoms with Gasteiger partial charge in [0, 0.05) is 7.11 Å². The van der Waals surface area contributed by atoms with Gasteiger partial charge in [-0.3, -0.25) is 0 Å². The van der Waals surface area contributed by atoms with Crippen LogP contribution in [0.1, 0.15) is 72.1 Å². The number of unbranched alkanes of at least 4 members (excludes halogenated alkanes) is 3. The number of hydrogen-bond donors (Lipinski definition) is 0. The molecular formula is C14H30O. The molecule has 2 atom stereocenters. The first-order valence-electron chi connectivity index (χ1n) is 6.82. The second kappa shape index (κ2) is 10.5. The lowest BCUT2D eigenvalue weighted by Gasteiger charge is -2.24. The third-order valence-electron chi connectivity index (χ3n) is 3.32. The standard InChI is InChI=1S/C14H30O/c1-5-8-9-10-12-13(11-6-2)14(7-3)15-4/h13-14H,5-12H2,1-4H3. The Morgan fingerprint density at radius 2 is 1.60 bits per heavy atom. The van der Waals surface area contributed by atoms with Crippen molar-refractivity contribution in [2.45, 2.75) is 78.2 Å². The molecule has 0 aliphatic rings. The molecule has 0 aromatic carbocycles. The highest BCUT2D eigenvalue weighted by atomic mass is 16.5. The van der Waals surface area contributed by atoms with Crippen LogP contribution >= 0.6 is 0 Å². The molecule has 15 heavy (non-hydrogen) atoms. The molecular weight excluding hydrogens is 184 g/mol. The van der Waals surface area contributed by atoms with Gasteiger partial charge in [0.1, 0.15) is 0 Å². The van der Waals surface area contributed by atoms with Crippen molar-refractivity contribution in [3.63, 3.8) is 0 Å². The first kappa shape index (κ1) is 15.0. The van der Waals surface area contributed by atoms with Crippen LogP contribution < -0.4 is 0 Å². The van der Waals surface area contributed by atoms with E-state index in [1.54, 1.807) is 0 Å². The summed E-state index contributed by atoms with van der Waals surface area (Å²) in [7, 11) is 1.86. The summed E-state index contributed by atoms with van der Waals surface area (Å²) >= 11 is 0. The van der Waals surface area contributed by atoms with Gasteiger partial charge in [0.25, 0.3) is 0 Å². The van der Waals surface area contributed by atoms with Crippen LogP contribution in [0.4, 0.5) is 0 Å². The highest BCUT2D eigenvalue weighted by Crippen LogP contribution is 2.23. The molecule has 0 saturated heterocycles. The zero-order chi connectivity index (χ0) is 11.5. The molecule has 2 unspecified atom stereocenters. The Morgan fingerprint density at radius 3 is 2.07 bits per heavy atom. The van der Waals surface area contributed by atoms with Crippen LogP contribution in [0.25, 0.3) is 0 Å². The molecule has 0 rings (SSSR count). The average molecular weight is 214 g/mol. The van der Waals surface area contributed by atoms with Crippen molar-refractivity contribution < 1.29 is 4.74 Å². The minimum atomic E-state index is 0.492. The van der Waals surface area contributed by atoms with Crippen LogP contribution in [-0.4, -0.2) is 13.2 Å². The molecule has 0 N–H and O–H groups in total. The predicted octanol–water partition coefficient (Wildman–Crippen LogP) is 4.80. The summed E-state index contributed by atoms with van der Waals surface area (Å²) in [6.07, 6.45) is 11.1. The number of hydrogen-bond acceptors (Lipinski definition) is 1. The molecule has 0 aromatic heterocycles. The Morgan fingerprint density at radius 1 is 0.867 bits per heavy atom. The molecule has 1 nitrogen and oxygen atoms in total. The summed E-state index contributed by atoms with van der Waals surface area (Å²) in [5, 5.41) is 0. The van der Waals surface area contributed by atoms with Crippen molar-refractivity contribution in [1.29, 1.82) is 0 Å². The molecule has 0 aliphatic carbocycles. The van der Waals surface area contributed by atoms with E-state index in [2.05, 4.69) is 20.8 Å².